The second-order valence-corrected chi connectivity index (χ2v) is 6.81. The van der Waals surface area contributed by atoms with Crippen LogP contribution in [0.15, 0.2) is 30.3 Å². The Kier molecular flexibility index (Phi) is 7.19. The predicted molar refractivity (Wildman–Crippen MR) is 108 cm³/mol. The molecule has 6 heteroatoms. The van der Waals surface area contributed by atoms with Crippen LogP contribution in [0.4, 0.5) is 5.69 Å². The zero-order valence-corrected chi connectivity index (χ0v) is 16.8. The Labute approximate surface area is 161 Å². The van der Waals surface area contributed by atoms with Crippen LogP contribution in [-0.2, 0) is 11.3 Å². The Morgan fingerprint density at radius 1 is 1.19 bits per heavy atom. The van der Waals surface area contributed by atoms with Gasteiger partial charge in [0.05, 0.1) is 20.2 Å². The first kappa shape index (κ1) is 20.7. The summed E-state index contributed by atoms with van der Waals surface area (Å²) in [5, 5.41) is 2.83. The first-order valence-electron chi connectivity index (χ1n) is 9.18. The number of carbonyl (C=O) groups is 2. The minimum atomic E-state index is -0.171. The molecule has 0 aliphatic carbocycles. The van der Waals surface area contributed by atoms with E-state index in [-0.39, 0.29) is 24.8 Å². The minimum absolute atomic E-state index is 0.0298. The molecule has 0 saturated heterocycles. The number of Topliss-reactive ketones (excluding diaryl/α,β-unsaturated/α-hetero) is 1. The molecular weight excluding hydrogens is 342 g/mol. The van der Waals surface area contributed by atoms with Gasteiger partial charge in [0.2, 0.25) is 5.91 Å². The van der Waals surface area contributed by atoms with E-state index in [4.69, 9.17) is 4.74 Å². The van der Waals surface area contributed by atoms with Crippen LogP contribution in [0.3, 0.4) is 0 Å². The van der Waals surface area contributed by atoms with Crippen molar-refractivity contribution in [2.45, 2.75) is 33.7 Å². The fourth-order valence-electron chi connectivity index (χ4n) is 3.18. The van der Waals surface area contributed by atoms with Crippen LogP contribution < -0.4 is 10.1 Å². The molecule has 0 radical (unpaired) electrons. The molecule has 0 bridgehead atoms. The second kappa shape index (κ2) is 9.37. The van der Waals surface area contributed by atoms with Crippen molar-refractivity contribution in [3.63, 3.8) is 0 Å². The van der Waals surface area contributed by atoms with Crippen molar-refractivity contribution in [1.82, 2.24) is 9.47 Å². The highest BCUT2D eigenvalue weighted by Gasteiger charge is 2.18. The van der Waals surface area contributed by atoms with Crippen LogP contribution >= 0.6 is 0 Å². The standard InChI is InChI=1S/C21H29N3O3/c1-6-10-24-15(2)11-19(16(24)3)20(25)13-23(4)14-21(26)22-17-8-7-9-18(12-17)27-5/h7-9,11-12H,6,10,13-14H2,1-5H3,(H,22,26). The number of likely N-dealkylation sites (N-methyl/N-ethyl adjacent to an activating group) is 1. The largest absolute Gasteiger partial charge is 0.497 e. The number of rotatable bonds is 9. The Hall–Kier alpha value is -2.60. The minimum Gasteiger partial charge on any atom is -0.497 e. The van der Waals surface area contributed by atoms with Gasteiger partial charge in [0, 0.05) is 35.2 Å². The summed E-state index contributed by atoms with van der Waals surface area (Å²) in [6.45, 7) is 7.35. The molecule has 0 saturated carbocycles. The lowest BCUT2D eigenvalue weighted by Gasteiger charge is -2.16. The van der Waals surface area contributed by atoms with Gasteiger partial charge in [-0.25, -0.2) is 0 Å². The monoisotopic (exact) mass is 371 g/mol. The van der Waals surface area contributed by atoms with Gasteiger partial charge in [-0.05, 0) is 45.5 Å². The maximum absolute atomic E-state index is 12.7. The third-order valence-electron chi connectivity index (χ3n) is 4.50. The summed E-state index contributed by atoms with van der Waals surface area (Å²) in [4.78, 5) is 26.6. The number of anilines is 1. The molecule has 0 atom stereocenters. The Morgan fingerprint density at radius 2 is 1.93 bits per heavy atom. The number of methoxy groups -OCH3 is 1. The predicted octanol–water partition coefficient (Wildman–Crippen LogP) is 3.28. The van der Waals surface area contributed by atoms with E-state index in [1.165, 1.54) is 0 Å². The third-order valence-corrected chi connectivity index (χ3v) is 4.50. The summed E-state index contributed by atoms with van der Waals surface area (Å²) in [7, 11) is 3.35. The van der Waals surface area contributed by atoms with Gasteiger partial charge in [-0.15, -0.1) is 0 Å². The average molecular weight is 371 g/mol. The maximum Gasteiger partial charge on any atom is 0.238 e. The number of nitrogens with zero attached hydrogens (tertiary/aromatic N) is 2. The van der Waals surface area contributed by atoms with Gasteiger partial charge in [0.1, 0.15) is 5.75 Å². The van der Waals surface area contributed by atoms with Crippen molar-refractivity contribution in [3.05, 3.63) is 47.3 Å². The molecule has 0 aliphatic heterocycles. The molecule has 1 aromatic heterocycles. The lowest BCUT2D eigenvalue weighted by atomic mass is 10.1. The molecule has 2 rings (SSSR count). The summed E-state index contributed by atoms with van der Waals surface area (Å²) in [5.74, 6) is 0.538. The van der Waals surface area contributed by atoms with Gasteiger partial charge in [-0.2, -0.15) is 0 Å². The number of benzene rings is 1. The van der Waals surface area contributed by atoms with Crippen LogP contribution in [0.25, 0.3) is 0 Å². The van der Waals surface area contributed by atoms with Gasteiger partial charge in [-0.3, -0.25) is 14.5 Å². The van der Waals surface area contributed by atoms with E-state index >= 15 is 0 Å². The van der Waals surface area contributed by atoms with E-state index in [1.807, 2.05) is 32.0 Å². The molecule has 0 spiro atoms. The van der Waals surface area contributed by atoms with Gasteiger partial charge in [-0.1, -0.05) is 13.0 Å². The Bertz CT molecular complexity index is 811. The highest BCUT2D eigenvalue weighted by molar-refractivity contribution is 5.99. The van der Waals surface area contributed by atoms with Crippen molar-refractivity contribution in [1.29, 1.82) is 0 Å². The second-order valence-electron chi connectivity index (χ2n) is 6.81. The highest BCUT2D eigenvalue weighted by Crippen LogP contribution is 2.18. The number of hydrogen-bond donors (Lipinski definition) is 1. The number of ether oxygens (including phenoxy) is 1. The molecule has 2 aromatic rings. The van der Waals surface area contributed by atoms with Crippen molar-refractivity contribution < 1.29 is 14.3 Å². The summed E-state index contributed by atoms with van der Waals surface area (Å²) >= 11 is 0. The van der Waals surface area contributed by atoms with Crippen LogP contribution in [0.2, 0.25) is 0 Å². The molecular formula is C21H29N3O3. The van der Waals surface area contributed by atoms with E-state index in [0.717, 1.165) is 29.9 Å². The van der Waals surface area contributed by atoms with Crippen LogP contribution in [0.1, 0.15) is 35.1 Å². The summed E-state index contributed by atoms with van der Waals surface area (Å²) < 4.78 is 7.32. The maximum atomic E-state index is 12.7. The quantitative estimate of drug-likeness (QED) is 0.687. The molecule has 146 valence electrons. The summed E-state index contributed by atoms with van der Waals surface area (Å²) in [6.07, 6.45) is 1.02. The van der Waals surface area contributed by atoms with Gasteiger partial charge in [0.15, 0.2) is 5.78 Å². The molecule has 1 N–H and O–H groups in total. The van der Waals surface area contributed by atoms with E-state index in [1.54, 1.807) is 31.2 Å². The zero-order chi connectivity index (χ0) is 20.0. The SMILES string of the molecule is CCCn1c(C)cc(C(=O)CN(C)CC(=O)Nc2cccc(OC)c2)c1C. The number of aromatic nitrogens is 1. The van der Waals surface area contributed by atoms with Crippen LogP contribution in [-0.4, -0.2) is 48.4 Å². The van der Waals surface area contributed by atoms with Gasteiger partial charge >= 0.3 is 0 Å². The number of carbonyl (C=O) groups excluding carboxylic acids is 2. The van der Waals surface area contributed by atoms with Crippen LogP contribution in [0, 0.1) is 13.8 Å². The molecule has 0 fully saturated rings. The lowest BCUT2D eigenvalue weighted by Crippen LogP contribution is -2.34. The molecule has 0 aliphatic rings. The Balaban J connectivity index is 1.94. The number of aryl methyl sites for hydroxylation is 1. The third kappa shape index (κ3) is 5.44. The van der Waals surface area contributed by atoms with E-state index in [2.05, 4.69) is 16.8 Å². The zero-order valence-electron chi connectivity index (χ0n) is 16.8. The molecule has 1 heterocycles. The van der Waals surface area contributed by atoms with E-state index in [9.17, 15) is 9.59 Å². The molecule has 1 aromatic carbocycles. The van der Waals surface area contributed by atoms with E-state index < -0.39 is 0 Å². The first-order valence-corrected chi connectivity index (χ1v) is 9.18. The smallest absolute Gasteiger partial charge is 0.238 e. The molecule has 1 amide bonds. The topological polar surface area (TPSA) is 63.6 Å². The summed E-state index contributed by atoms with van der Waals surface area (Å²) in [6, 6.07) is 9.13. The van der Waals surface area contributed by atoms with E-state index in [0.29, 0.717) is 11.4 Å². The van der Waals surface area contributed by atoms with Crippen LogP contribution in [0.5, 0.6) is 5.75 Å². The highest BCUT2D eigenvalue weighted by atomic mass is 16.5. The number of amides is 1. The average Bonchev–Trinajstić information content (AvgIpc) is 2.90. The molecule has 6 nitrogen and oxygen atoms in total. The van der Waals surface area contributed by atoms with Gasteiger partial charge < -0.3 is 14.6 Å². The van der Waals surface area contributed by atoms with Crippen molar-refractivity contribution in [3.8, 4) is 5.75 Å². The molecule has 27 heavy (non-hydrogen) atoms. The van der Waals surface area contributed by atoms with Crippen molar-refractivity contribution in [2.75, 3.05) is 32.6 Å². The number of hydrogen-bond acceptors (Lipinski definition) is 4. The van der Waals surface area contributed by atoms with Crippen molar-refractivity contribution >= 4 is 17.4 Å². The normalized spacial score (nSPS) is 10.9. The van der Waals surface area contributed by atoms with Gasteiger partial charge in [0.25, 0.3) is 0 Å². The van der Waals surface area contributed by atoms with Crippen molar-refractivity contribution in [2.24, 2.45) is 0 Å². The number of nitrogens with one attached hydrogen (secondary N) is 1. The molecule has 0 unspecified atom stereocenters. The first-order chi connectivity index (χ1) is 12.8. The number of ketones is 1. The summed E-state index contributed by atoms with van der Waals surface area (Å²) in [5.41, 5.74) is 3.49. The lowest BCUT2D eigenvalue weighted by molar-refractivity contribution is -0.116. The Morgan fingerprint density at radius 3 is 2.59 bits per heavy atom. The fourth-order valence-corrected chi connectivity index (χ4v) is 3.18. The fraction of sp³-hybridized carbons (Fsp3) is 0.429.